The quantitative estimate of drug-likeness (QED) is 0.565. The molecule has 1 aromatic carbocycles. The van der Waals surface area contributed by atoms with Crippen LogP contribution in [-0.4, -0.2) is 23.3 Å². The molecule has 1 heterocycles. The van der Waals surface area contributed by atoms with E-state index >= 15 is 0 Å². The summed E-state index contributed by atoms with van der Waals surface area (Å²) in [4.78, 5) is 17.6. The maximum atomic E-state index is 12.8. The Balaban J connectivity index is 1.79. The molecule has 28 heavy (non-hydrogen) atoms. The number of pyridine rings is 1. The van der Waals surface area contributed by atoms with E-state index in [0.29, 0.717) is 28.4 Å². The molecule has 5 nitrogen and oxygen atoms in total. The first-order valence-electron chi connectivity index (χ1n) is 9.69. The fraction of sp³-hybridized carbons (Fsp3) is 0.409. The second kappa shape index (κ2) is 9.61. The number of rotatable bonds is 6. The third-order valence-electron chi connectivity index (χ3n) is 4.89. The number of carbonyl (C=O) groups excluding carboxylic acids is 1. The van der Waals surface area contributed by atoms with Crippen LogP contribution in [0.5, 0.6) is 5.75 Å². The van der Waals surface area contributed by atoms with Gasteiger partial charge in [-0.15, -0.1) is 0 Å². The van der Waals surface area contributed by atoms with Crippen molar-refractivity contribution in [2.75, 3.05) is 12.4 Å². The van der Waals surface area contributed by atoms with E-state index in [9.17, 15) is 10.1 Å². The lowest BCUT2D eigenvalue weighted by Crippen LogP contribution is -2.25. The van der Waals surface area contributed by atoms with Crippen LogP contribution in [0.25, 0.3) is 0 Å². The molecule has 0 bridgehead atoms. The Labute approximate surface area is 170 Å². The SMILES string of the molecule is CCC(Sc1nc2c(cc1C#N)CCCCC2)C(=O)Nc1cccc(OC)c1. The molecule has 0 spiro atoms. The van der Waals surface area contributed by atoms with Crippen molar-refractivity contribution >= 4 is 23.4 Å². The molecule has 1 aliphatic carbocycles. The number of aryl methyl sites for hydroxylation is 2. The summed E-state index contributed by atoms with van der Waals surface area (Å²) in [5.74, 6) is 0.596. The maximum absolute atomic E-state index is 12.8. The van der Waals surface area contributed by atoms with E-state index in [2.05, 4.69) is 11.4 Å². The monoisotopic (exact) mass is 395 g/mol. The zero-order valence-corrected chi connectivity index (χ0v) is 17.1. The Morgan fingerprint density at radius 1 is 1.32 bits per heavy atom. The average molecular weight is 396 g/mol. The highest BCUT2D eigenvalue weighted by Crippen LogP contribution is 2.31. The molecule has 1 N–H and O–H groups in total. The van der Waals surface area contributed by atoms with Gasteiger partial charge in [-0.05, 0) is 55.9 Å². The van der Waals surface area contributed by atoms with Gasteiger partial charge in [0, 0.05) is 17.4 Å². The second-order valence-electron chi connectivity index (χ2n) is 6.86. The predicted octanol–water partition coefficient (Wildman–Crippen LogP) is 4.74. The normalized spacial score (nSPS) is 14.3. The minimum Gasteiger partial charge on any atom is -0.497 e. The number of aromatic nitrogens is 1. The summed E-state index contributed by atoms with van der Waals surface area (Å²) in [6, 6.07) is 11.5. The van der Waals surface area contributed by atoms with Crippen molar-refractivity contribution in [3.8, 4) is 11.8 Å². The maximum Gasteiger partial charge on any atom is 0.237 e. The van der Waals surface area contributed by atoms with Crippen LogP contribution in [0.4, 0.5) is 5.69 Å². The first-order valence-corrected chi connectivity index (χ1v) is 10.6. The van der Waals surface area contributed by atoms with E-state index in [4.69, 9.17) is 9.72 Å². The van der Waals surface area contributed by atoms with Gasteiger partial charge in [-0.1, -0.05) is 31.2 Å². The number of hydrogen-bond acceptors (Lipinski definition) is 5. The van der Waals surface area contributed by atoms with E-state index in [-0.39, 0.29) is 11.2 Å². The summed E-state index contributed by atoms with van der Waals surface area (Å²) in [5, 5.41) is 12.9. The first kappa shape index (κ1) is 20.2. The molecule has 6 heteroatoms. The van der Waals surface area contributed by atoms with Crippen LogP contribution in [0.1, 0.15) is 49.4 Å². The summed E-state index contributed by atoms with van der Waals surface area (Å²) in [6.45, 7) is 1.97. The molecule has 0 saturated carbocycles. The van der Waals surface area contributed by atoms with E-state index in [0.717, 1.165) is 31.4 Å². The second-order valence-corrected chi connectivity index (χ2v) is 8.05. The standard InChI is InChI=1S/C22H25N3O2S/c1-3-20(21(26)24-17-9-7-10-18(13-17)27-2)28-22-16(14-23)12-15-8-5-4-6-11-19(15)25-22/h7,9-10,12-13,20H,3-6,8,11H2,1-2H3,(H,24,26). The Morgan fingerprint density at radius 3 is 2.89 bits per heavy atom. The number of thioether (sulfide) groups is 1. The number of nitriles is 1. The summed E-state index contributed by atoms with van der Waals surface area (Å²) >= 11 is 1.38. The highest BCUT2D eigenvalue weighted by molar-refractivity contribution is 8.00. The Hall–Kier alpha value is -2.52. The fourth-order valence-electron chi connectivity index (χ4n) is 3.34. The number of benzene rings is 1. The zero-order chi connectivity index (χ0) is 19.9. The molecule has 1 atom stereocenters. The number of nitrogens with zero attached hydrogens (tertiary/aromatic N) is 2. The summed E-state index contributed by atoms with van der Waals surface area (Å²) in [5.41, 5.74) is 3.53. The molecule has 1 aliphatic rings. The number of nitrogens with one attached hydrogen (secondary N) is 1. The summed E-state index contributed by atoms with van der Waals surface area (Å²) in [6.07, 6.45) is 6.04. The Kier molecular flexibility index (Phi) is 6.94. The van der Waals surface area contributed by atoms with Crippen molar-refractivity contribution in [3.63, 3.8) is 0 Å². The summed E-state index contributed by atoms with van der Waals surface area (Å²) in [7, 11) is 1.60. The number of carbonyl (C=O) groups is 1. The van der Waals surface area contributed by atoms with Crippen LogP contribution in [-0.2, 0) is 17.6 Å². The molecule has 1 unspecified atom stereocenters. The topological polar surface area (TPSA) is 75.0 Å². The van der Waals surface area contributed by atoms with Crippen molar-refractivity contribution in [2.24, 2.45) is 0 Å². The molecule has 0 radical (unpaired) electrons. The lowest BCUT2D eigenvalue weighted by atomic mass is 10.1. The Bertz CT molecular complexity index is 892. The van der Waals surface area contributed by atoms with Gasteiger partial charge in [-0.3, -0.25) is 4.79 Å². The highest BCUT2D eigenvalue weighted by atomic mass is 32.2. The number of methoxy groups -OCH3 is 1. The van der Waals surface area contributed by atoms with Crippen LogP contribution in [0.2, 0.25) is 0 Å². The molecule has 0 fully saturated rings. The number of hydrogen-bond donors (Lipinski definition) is 1. The van der Waals surface area contributed by atoms with Crippen LogP contribution in [0, 0.1) is 11.3 Å². The molecule has 0 aliphatic heterocycles. The molecule has 3 rings (SSSR count). The van der Waals surface area contributed by atoms with E-state index in [1.807, 2.05) is 31.2 Å². The fourth-order valence-corrected chi connectivity index (χ4v) is 4.34. The average Bonchev–Trinajstić information content (AvgIpc) is 2.96. The molecule has 1 amide bonds. The van der Waals surface area contributed by atoms with Crippen LogP contribution in [0.3, 0.4) is 0 Å². The Morgan fingerprint density at radius 2 is 2.14 bits per heavy atom. The molecule has 1 aromatic heterocycles. The summed E-state index contributed by atoms with van der Waals surface area (Å²) < 4.78 is 5.21. The lowest BCUT2D eigenvalue weighted by Gasteiger charge is -2.16. The number of amides is 1. The molecular weight excluding hydrogens is 370 g/mol. The third kappa shape index (κ3) is 4.85. The van der Waals surface area contributed by atoms with Gasteiger partial charge in [0.2, 0.25) is 5.91 Å². The van der Waals surface area contributed by atoms with Crippen LogP contribution < -0.4 is 10.1 Å². The van der Waals surface area contributed by atoms with Gasteiger partial charge in [-0.25, -0.2) is 4.98 Å². The van der Waals surface area contributed by atoms with Gasteiger partial charge in [0.1, 0.15) is 16.8 Å². The molecule has 0 saturated heterocycles. The van der Waals surface area contributed by atoms with Crippen molar-refractivity contribution < 1.29 is 9.53 Å². The van der Waals surface area contributed by atoms with Gasteiger partial charge in [0.15, 0.2) is 0 Å². The predicted molar refractivity (Wildman–Crippen MR) is 112 cm³/mol. The van der Waals surface area contributed by atoms with Gasteiger partial charge < -0.3 is 10.1 Å². The van der Waals surface area contributed by atoms with E-state index < -0.39 is 0 Å². The molecule has 2 aromatic rings. The van der Waals surface area contributed by atoms with Gasteiger partial charge in [0.05, 0.1) is 17.9 Å². The van der Waals surface area contributed by atoms with E-state index in [1.54, 1.807) is 13.2 Å². The smallest absolute Gasteiger partial charge is 0.237 e. The van der Waals surface area contributed by atoms with Crippen molar-refractivity contribution in [3.05, 3.63) is 47.2 Å². The van der Waals surface area contributed by atoms with Gasteiger partial charge in [0.25, 0.3) is 0 Å². The van der Waals surface area contributed by atoms with Crippen molar-refractivity contribution in [1.29, 1.82) is 5.26 Å². The zero-order valence-electron chi connectivity index (χ0n) is 16.3. The number of anilines is 1. The number of ether oxygens (including phenoxy) is 1. The van der Waals surface area contributed by atoms with E-state index in [1.165, 1.54) is 23.7 Å². The molecule has 146 valence electrons. The molecular formula is C22H25N3O2S. The number of fused-ring (bicyclic) bond motifs is 1. The van der Waals surface area contributed by atoms with Crippen LogP contribution in [0.15, 0.2) is 35.4 Å². The van der Waals surface area contributed by atoms with Crippen LogP contribution >= 0.6 is 11.8 Å². The third-order valence-corrected chi connectivity index (χ3v) is 6.26. The lowest BCUT2D eigenvalue weighted by molar-refractivity contribution is -0.115. The van der Waals surface area contributed by atoms with Crippen molar-refractivity contribution in [1.82, 2.24) is 4.98 Å². The highest BCUT2D eigenvalue weighted by Gasteiger charge is 2.22. The largest absolute Gasteiger partial charge is 0.497 e. The van der Waals surface area contributed by atoms with Gasteiger partial charge in [-0.2, -0.15) is 5.26 Å². The van der Waals surface area contributed by atoms with Crippen molar-refractivity contribution in [2.45, 2.75) is 55.7 Å². The van der Waals surface area contributed by atoms with Gasteiger partial charge >= 0.3 is 0 Å². The first-order chi connectivity index (χ1) is 13.6. The minimum atomic E-state index is -0.324. The minimum absolute atomic E-state index is 0.0959.